The molecule has 2 rings (SSSR count). The lowest BCUT2D eigenvalue weighted by atomic mass is 10.3. The van der Waals surface area contributed by atoms with Crippen LogP contribution < -0.4 is 10.2 Å². The van der Waals surface area contributed by atoms with Crippen LogP contribution in [0.3, 0.4) is 0 Å². The molecule has 1 aromatic rings. The van der Waals surface area contributed by atoms with E-state index in [2.05, 4.69) is 10.3 Å². The second-order valence-electron chi connectivity index (χ2n) is 3.71. The smallest absolute Gasteiger partial charge is 0.310 e. The molecule has 6 nitrogen and oxygen atoms in total. The Morgan fingerprint density at radius 1 is 1.44 bits per heavy atom. The van der Waals surface area contributed by atoms with Gasteiger partial charge in [-0.25, -0.2) is 0 Å². The minimum atomic E-state index is -0.374. The lowest BCUT2D eigenvalue weighted by molar-refractivity contribution is -0.384. The van der Waals surface area contributed by atoms with Gasteiger partial charge >= 0.3 is 5.69 Å². The second kappa shape index (κ2) is 4.89. The summed E-state index contributed by atoms with van der Waals surface area (Å²) in [4.78, 5) is 16.3. The summed E-state index contributed by atoms with van der Waals surface area (Å²) in [7, 11) is 0. The number of hydrogen-bond acceptors (Lipinski definition) is 5. The molecule has 1 N–H and O–H groups in total. The molecule has 6 heteroatoms. The van der Waals surface area contributed by atoms with E-state index in [4.69, 9.17) is 0 Å². The maximum absolute atomic E-state index is 10.9. The van der Waals surface area contributed by atoms with Gasteiger partial charge in [-0.05, 0) is 19.0 Å². The lowest BCUT2D eigenvalue weighted by Gasteiger charge is -2.21. The topological polar surface area (TPSA) is 71.3 Å². The summed E-state index contributed by atoms with van der Waals surface area (Å²) in [5, 5.41) is 14.1. The molecule has 0 amide bonds. The monoisotopic (exact) mass is 222 g/mol. The van der Waals surface area contributed by atoms with Crippen LogP contribution in [0.1, 0.15) is 6.42 Å². The van der Waals surface area contributed by atoms with Crippen LogP contribution in [0.25, 0.3) is 0 Å². The third kappa shape index (κ3) is 2.27. The van der Waals surface area contributed by atoms with Gasteiger partial charge in [-0.2, -0.15) is 0 Å². The van der Waals surface area contributed by atoms with Crippen molar-refractivity contribution in [2.75, 3.05) is 31.1 Å². The fourth-order valence-corrected chi connectivity index (χ4v) is 1.87. The Morgan fingerprint density at radius 2 is 2.31 bits per heavy atom. The molecule has 0 aromatic carbocycles. The molecule has 1 saturated heterocycles. The number of nitrogens with one attached hydrogen (secondary N) is 1. The van der Waals surface area contributed by atoms with Crippen molar-refractivity contribution >= 4 is 11.4 Å². The van der Waals surface area contributed by atoms with Crippen LogP contribution in [0.15, 0.2) is 18.5 Å². The summed E-state index contributed by atoms with van der Waals surface area (Å²) in [5.41, 5.74) is 0.758. The van der Waals surface area contributed by atoms with Gasteiger partial charge in [0, 0.05) is 25.8 Å². The van der Waals surface area contributed by atoms with Crippen LogP contribution in [0.4, 0.5) is 11.4 Å². The Morgan fingerprint density at radius 3 is 3.12 bits per heavy atom. The van der Waals surface area contributed by atoms with Gasteiger partial charge in [0.2, 0.25) is 0 Å². The van der Waals surface area contributed by atoms with Crippen molar-refractivity contribution in [3.05, 3.63) is 28.6 Å². The van der Waals surface area contributed by atoms with Crippen LogP contribution in [0.2, 0.25) is 0 Å². The summed E-state index contributed by atoms with van der Waals surface area (Å²) in [6, 6.07) is 1.71. The van der Waals surface area contributed by atoms with Gasteiger partial charge in [-0.3, -0.25) is 15.1 Å². The van der Waals surface area contributed by atoms with Crippen LogP contribution in [-0.4, -0.2) is 36.1 Å². The molecule has 0 saturated carbocycles. The Hall–Kier alpha value is -1.69. The molecule has 2 heterocycles. The Balaban J connectivity index is 2.27. The molecular formula is C10H14N4O2. The fourth-order valence-electron chi connectivity index (χ4n) is 1.87. The van der Waals surface area contributed by atoms with Crippen molar-refractivity contribution in [2.24, 2.45) is 0 Å². The number of rotatable bonds is 2. The Kier molecular flexibility index (Phi) is 3.31. The average Bonchev–Trinajstić information content (AvgIpc) is 2.57. The van der Waals surface area contributed by atoms with E-state index in [1.165, 1.54) is 6.20 Å². The number of hydrogen-bond donors (Lipinski definition) is 1. The first kappa shape index (κ1) is 10.8. The van der Waals surface area contributed by atoms with Crippen molar-refractivity contribution in [3.63, 3.8) is 0 Å². The molecule has 86 valence electrons. The zero-order valence-electron chi connectivity index (χ0n) is 8.93. The molecule has 1 fully saturated rings. The van der Waals surface area contributed by atoms with E-state index in [0.717, 1.165) is 32.6 Å². The third-order valence-corrected chi connectivity index (χ3v) is 2.66. The van der Waals surface area contributed by atoms with Crippen LogP contribution in [-0.2, 0) is 0 Å². The van der Waals surface area contributed by atoms with Crippen molar-refractivity contribution < 1.29 is 4.92 Å². The van der Waals surface area contributed by atoms with Crippen LogP contribution in [0.5, 0.6) is 0 Å². The zero-order valence-corrected chi connectivity index (χ0v) is 8.93. The average molecular weight is 222 g/mol. The van der Waals surface area contributed by atoms with Crippen molar-refractivity contribution in [1.29, 1.82) is 0 Å². The Bertz CT molecular complexity index is 375. The second-order valence-corrected chi connectivity index (χ2v) is 3.71. The molecule has 16 heavy (non-hydrogen) atoms. The van der Waals surface area contributed by atoms with Gasteiger partial charge in [0.1, 0.15) is 11.9 Å². The summed E-state index contributed by atoms with van der Waals surface area (Å²) < 4.78 is 0. The normalized spacial score (nSPS) is 16.9. The minimum Gasteiger partial charge on any atom is -0.365 e. The predicted octanol–water partition coefficient (Wildman–Crippen LogP) is 0.789. The molecule has 1 aromatic heterocycles. The highest BCUT2D eigenvalue weighted by Crippen LogP contribution is 2.26. The summed E-state index contributed by atoms with van der Waals surface area (Å²) in [5.74, 6) is 0. The fraction of sp³-hybridized carbons (Fsp3) is 0.500. The van der Waals surface area contributed by atoms with Crippen LogP contribution >= 0.6 is 0 Å². The SMILES string of the molecule is O=[N+]([O-])c1cnccc1N1CCCNCC1. The first-order valence-corrected chi connectivity index (χ1v) is 5.33. The molecule has 0 bridgehead atoms. The molecule has 0 radical (unpaired) electrons. The summed E-state index contributed by atoms with van der Waals surface area (Å²) in [6.45, 7) is 3.47. The van der Waals surface area contributed by atoms with Gasteiger partial charge in [0.05, 0.1) is 4.92 Å². The van der Waals surface area contributed by atoms with E-state index in [0.29, 0.717) is 5.69 Å². The van der Waals surface area contributed by atoms with E-state index >= 15 is 0 Å². The largest absolute Gasteiger partial charge is 0.365 e. The number of pyridine rings is 1. The van der Waals surface area contributed by atoms with Crippen molar-refractivity contribution in [1.82, 2.24) is 10.3 Å². The number of nitrogens with zero attached hydrogens (tertiary/aromatic N) is 3. The standard InChI is InChI=1S/C10H14N4O2/c15-14(16)10-8-12-4-2-9(10)13-6-1-3-11-5-7-13/h2,4,8,11H,1,3,5-7H2. The Labute approximate surface area is 93.4 Å². The number of nitro groups is 1. The van der Waals surface area contributed by atoms with E-state index in [-0.39, 0.29) is 10.6 Å². The van der Waals surface area contributed by atoms with E-state index in [1.807, 2.05) is 4.90 Å². The first-order valence-electron chi connectivity index (χ1n) is 5.33. The first-order chi connectivity index (χ1) is 7.79. The quantitative estimate of drug-likeness (QED) is 0.591. The molecule has 0 aliphatic carbocycles. The van der Waals surface area contributed by atoms with Crippen LogP contribution in [0, 0.1) is 10.1 Å². The van der Waals surface area contributed by atoms with Gasteiger partial charge in [0.15, 0.2) is 0 Å². The zero-order chi connectivity index (χ0) is 11.4. The van der Waals surface area contributed by atoms with Gasteiger partial charge in [-0.15, -0.1) is 0 Å². The molecular weight excluding hydrogens is 208 g/mol. The molecule has 1 aliphatic rings. The highest BCUT2D eigenvalue weighted by molar-refractivity contribution is 5.61. The lowest BCUT2D eigenvalue weighted by Crippen LogP contribution is -2.28. The van der Waals surface area contributed by atoms with Gasteiger partial charge in [0.25, 0.3) is 0 Å². The van der Waals surface area contributed by atoms with Gasteiger partial charge in [-0.1, -0.05) is 0 Å². The third-order valence-electron chi connectivity index (χ3n) is 2.66. The van der Waals surface area contributed by atoms with E-state index in [1.54, 1.807) is 12.3 Å². The predicted molar refractivity (Wildman–Crippen MR) is 60.6 cm³/mol. The summed E-state index contributed by atoms with van der Waals surface area (Å²) in [6.07, 6.45) is 3.91. The number of anilines is 1. The molecule has 0 spiro atoms. The van der Waals surface area contributed by atoms with E-state index in [9.17, 15) is 10.1 Å². The molecule has 0 atom stereocenters. The summed E-state index contributed by atoms with van der Waals surface area (Å²) >= 11 is 0. The maximum Gasteiger partial charge on any atom is 0.310 e. The highest BCUT2D eigenvalue weighted by Gasteiger charge is 2.19. The van der Waals surface area contributed by atoms with E-state index < -0.39 is 0 Å². The maximum atomic E-state index is 10.9. The number of aromatic nitrogens is 1. The van der Waals surface area contributed by atoms with Crippen molar-refractivity contribution in [2.45, 2.75) is 6.42 Å². The molecule has 0 unspecified atom stereocenters. The minimum absolute atomic E-state index is 0.0874. The van der Waals surface area contributed by atoms with Crippen molar-refractivity contribution in [3.8, 4) is 0 Å². The highest BCUT2D eigenvalue weighted by atomic mass is 16.6. The van der Waals surface area contributed by atoms with Gasteiger partial charge < -0.3 is 10.2 Å². The molecule has 1 aliphatic heterocycles.